The summed E-state index contributed by atoms with van der Waals surface area (Å²) in [6.45, 7) is 0. The number of hydroxylamine groups is 4. The second kappa shape index (κ2) is 12.7. The van der Waals surface area contributed by atoms with E-state index in [0.717, 1.165) is 0 Å². The topological polar surface area (TPSA) is 86.7 Å². The summed E-state index contributed by atoms with van der Waals surface area (Å²) in [5, 5.41) is 28.6. The van der Waals surface area contributed by atoms with E-state index in [9.17, 15) is 20.0 Å². The van der Waals surface area contributed by atoms with Crippen molar-refractivity contribution in [2.75, 3.05) is 0 Å². The van der Waals surface area contributed by atoms with Crippen LogP contribution < -0.4 is 0 Å². The zero-order valence-electron chi connectivity index (χ0n) is 22.2. The molecule has 1 aliphatic rings. The van der Waals surface area contributed by atoms with Crippen molar-refractivity contribution < 1.29 is 9.59 Å². The van der Waals surface area contributed by atoms with Crippen molar-refractivity contribution in [2.24, 2.45) is 0 Å². The fourth-order valence-electron chi connectivity index (χ4n) is 5.76. The van der Waals surface area contributed by atoms with Crippen LogP contribution in [0.3, 0.4) is 0 Å². The highest BCUT2D eigenvalue weighted by Crippen LogP contribution is 2.34. The zero-order valence-corrected chi connectivity index (χ0v) is 22.2. The molecule has 2 atom stereocenters. The van der Waals surface area contributed by atoms with Crippen LogP contribution in [0.15, 0.2) is 121 Å². The van der Waals surface area contributed by atoms with Gasteiger partial charge in [0, 0.05) is 12.1 Å². The zero-order chi connectivity index (χ0) is 27.9. The summed E-state index contributed by atoms with van der Waals surface area (Å²) >= 11 is 0. The maximum Gasteiger partial charge on any atom is 0.224 e. The number of nitrogens with zero attached hydrogens (tertiary/aromatic N) is 2. The molecule has 0 spiro atoms. The Morgan fingerprint density at radius 2 is 0.750 bits per heavy atom. The van der Waals surface area contributed by atoms with Crippen LogP contribution >= 0.6 is 0 Å². The molecule has 4 aromatic carbocycles. The van der Waals surface area contributed by atoms with Gasteiger partial charge in [0.1, 0.15) is 0 Å². The quantitative estimate of drug-likeness (QED) is 0.239. The highest BCUT2D eigenvalue weighted by atomic mass is 16.5. The molecule has 40 heavy (non-hydrogen) atoms. The van der Waals surface area contributed by atoms with Crippen LogP contribution in [0.4, 0.5) is 0 Å². The maximum absolute atomic E-state index is 13.9. The average molecular weight is 533 g/mol. The third kappa shape index (κ3) is 5.83. The van der Waals surface area contributed by atoms with Crippen LogP contribution in [-0.2, 0) is 9.59 Å². The van der Waals surface area contributed by atoms with Crippen LogP contribution in [0.5, 0.6) is 0 Å². The molecular formula is C34H32N2O4-2. The normalized spacial score (nSPS) is 17.0. The molecule has 2 amide bonds. The molecule has 0 radical (unpaired) electrons. The summed E-state index contributed by atoms with van der Waals surface area (Å²) in [6.07, 6.45) is 2.14. The molecule has 0 heterocycles. The van der Waals surface area contributed by atoms with Gasteiger partial charge in [0.05, 0.1) is 11.8 Å². The number of hydrogen-bond acceptors (Lipinski definition) is 4. The fourth-order valence-corrected chi connectivity index (χ4v) is 5.76. The standard InChI is InChI=1S/C34H32N2O4/c37-33(31(25-15-5-1-6-16-25)26-17-7-2-8-18-26)35(39)29-23-13-14-24-30(29)36(40)34(38)32(27-19-9-3-10-20-27)28-21-11-4-12-22-28/h1-12,15-22,29-32H,13-14,23-24H2/q-2/t29-,30-/m0/s1. The van der Waals surface area contributed by atoms with Crippen LogP contribution in [0.25, 0.3) is 0 Å². The first-order chi connectivity index (χ1) is 19.6. The second-order valence-corrected chi connectivity index (χ2v) is 10.3. The number of carbonyl (C=O) groups excluding carboxylic acids is 2. The summed E-state index contributed by atoms with van der Waals surface area (Å²) < 4.78 is 0. The van der Waals surface area contributed by atoms with Gasteiger partial charge in [-0.15, -0.1) is 0 Å². The molecule has 1 aliphatic carbocycles. The SMILES string of the molecule is O=C(C(c1ccccc1)c1ccccc1)N([O-])[C@H]1CCCC[C@@H]1N([O-])C(=O)C(c1ccccc1)c1ccccc1. The second-order valence-electron chi connectivity index (χ2n) is 10.3. The van der Waals surface area contributed by atoms with Crippen molar-refractivity contribution >= 4 is 11.8 Å². The van der Waals surface area contributed by atoms with Crippen molar-refractivity contribution in [2.45, 2.75) is 49.6 Å². The molecule has 1 fully saturated rings. The fraction of sp³-hybridized carbons (Fsp3) is 0.235. The minimum Gasteiger partial charge on any atom is -0.756 e. The molecular weight excluding hydrogens is 500 g/mol. The van der Waals surface area contributed by atoms with E-state index in [1.54, 1.807) is 0 Å². The molecule has 204 valence electrons. The third-order valence-corrected chi connectivity index (χ3v) is 7.76. The first-order valence-electron chi connectivity index (χ1n) is 13.8. The van der Waals surface area contributed by atoms with E-state index in [4.69, 9.17) is 0 Å². The van der Waals surface area contributed by atoms with Crippen molar-refractivity contribution in [3.05, 3.63) is 154 Å². The first kappa shape index (κ1) is 27.3. The Bertz CT molecular complexity index is 1190. The molecule has 6 heteroatoms. The van der Waals surface area contributed by atoms with Crippen LogP contribution in [0.1, 0.15) is 59.8 Å². The van der Waals surface area contributed by atoms with E-state index < -0.39 is 35.7 Å². The van der Waals surface area contributed by atoms with Crippen molar-refractivity contribution in [3.63, 3.8) is 0 Å². The Hall–Kier alpha value is -4.26. The number of rotatable bonds is 8. The number of carbonyl (C=O) groups is 2. The maximum atomic E-state index is 13.9. The molecule has 0 saturated heterocycles. The van der Waals surface area contributed by atoms with Gasteiger partial charge in [0.25, 0.3) is 0 Å². The summed E-state index contributed by atoms with van der Waals surface area (Å²) in [5.41, 5.74) is 2.82. The monoisotopic (exact) mass is 532 g/mol. The number of amides is 2. The van der Waals surface area contributed by atoms with E-state index in [2.05, 4.69) is 0 Å². The third-order valence-electron chi connectivity index (χ3n) is 7.76. The first-order valence-corrected chi connectivity index (χ1v) is 13.8. The van der Waals surface area contributed by atoms with Gasteiger partial charge in [0.15, 0.2) is 0 Å². The molecule has 1 saturated carbocycles. The van der Waals surface area contributed by atoms with Gasteiger partial charge < -0.3 is 20.5 Å². The van der Waals surface area contributed by atoms with Gasteiger partial charge >= 0.3 is 0 Å². The van der Waals surface area contributed by atoms with Crippen molar-refractivity contribution in [1.82, 2.24) is 10.1 Å². The molecule has 0 unspecified atom stereocenters. The summed E-state index contributed by atoms with van der Waals surface area (Å²) in [5.74, 6) is -2.87. The highest BCUT2D eigenvalue weighted by molar-refractivity contribution is 5.89. The predicted molar refractivity (Wildman–Crippen MR) is 156 cm³/mol. The Labute approximate surface area is 235 Å². The van der Waals surface area contributed by atoms with E-state index in [-0.39, 0.29) is 0 Å². The van der Waals surface area contributed by atoms with Crippen LogP contribution in [0, 0.1) is 10.4 Å². The van der Waals surface area contributed by atoms with E-state index in [1.807, 2.05) is 121 Å². The Morgan fingerprint density at radius 1 is 0.500 bits per heavy atom. The van der Waals surface area contributed by atoms with Gasteiger partial charge in [-0.25, -0.2) is 0 Å². The Kier molecular flexibility index (Phi) is 8.69. The molecule has 6 nitrogen and oxygen atoms in total. The lowest BCUT2D eigenvalue weighted by Gasteiger charge is -2.51. The van der Waals surface area contributed by atoms with Gasteiger partial charge in [-0.3, -0.25) is 9.59 Å². The molecule has 4 aromatic rings. The molecule has 0 aliphatic heterocycles. The summed E-state index contributed by atoms with van der Waals surface area (Å²) in [4.78, 5) is 27.7. The molecule has 0 N–H and O–H groups in total. The minimum atomic E-state index is -0.926. The number of hydrogen-bond donors (Lipinski definition) is 0. The highest BCUT2D eigenvalue weighted by Gasteiger charge is 2.36. The Morgan fingerprint density at radius 3 is 1.00 bits per heavy atom. The lowest BCUT2D eigenvalue weighted by atomic mass is 9.85. The van der Waals surface area contributed by atoms with Crippen LogP contribution in [-0.4, -0.2) is 34.0 Å². The van der Waals surface area contributed by atoms with Gasteiger partial charge in [0.2, 0.25) is 11.8 Å². The molecule has 5 rings (SSSR count). The lowest BCUT2D eigenvalue weighted by Crippen LogP contribution is -2.54. The molecule has 0 bridgehead atoms. The van der Waals surface area contributed by atoms with E-state index in [1.165, 1.54) is 0 Å². The van der Waals surface area contributed by atoms with Gasteiger partial charge in [-0.1, -0.05) is 134 Å². The minimum absolute atomic E-state index is 0.365. The van der Waals surface area contributed by atoms with E-state index in [0.29, 0.717) is 58.1 Å². The number of benzene rings is 4. The summed E-state index contributed by atoms with van der Waals surface area (Å²) in [7, 11) is 0. The predicted octanol–water partition coefficient (Wildman–Crippen LogP) is 6.61. The smallest absolute Gasteiger partial charge is 0.224 e. The van der Waals surface area contributed by atoms with Crippen molar-refractivity contribution in [3.8, 4) is 0 Å². The Balaban J connectivity index is 1.44. The largest absolute Gasteiger partial charge is 0.756 e. The van der Waals surface area contributed by atoms with Gasteiger partial charge in [-0.05, 0) is 35.1 Å². The molecule has 0 aromatic heterocycles. The van der Waals surface area contributed by atoms with Crippen molar-refractivity contribution in [1.29, 1.82) is 0 Å². The lowest BCUT2D eigenvalue weighted by molar-refractivity contribution is -0.138. The average Bonchev–Trinajstić information content (AvgIpc) is 3.02. The summed E-state index contributed by atoms with van der Waals surface area (Å²) in [6, 6.07) is 34.9. The van der Waals surface area contributed by atoms with Gasteiger partial charge in [-0.2, -0.15) is 0 Å². The van der Waals surface area contributed by atoms with E-state index >= 15 is 0 Å². The van der Waals surface area contributed by atoms with Crippen LogP contribution in [0.2, 0.25) is 0 Å².